The van der Waals surface area contributed by atoms with Crippen LogP contribution in [0.4, 0.5) is 37.5 Å². The summed E-state index contributed by atoms with van der Waals surface area (Å²) in [5, 5.41) is 17.8. The number of aromatic nitrogens is 2. The van der Waals surface area contributed by atoms with E-state index < -0.39 is 11.7 Å². The Hall–Kier alpha value is -4.84. The lowest BCUT2D eigenvalue weighted by Gasteiger charge is -2.11. The summed E-state index contributed by atoms with van der Waals surface area (Å²) in [5.74, 6) is -0.847. The highest BCUT2D eigenvalue weighted by molar-refractivity contribution is 6.04. The zero-order chi connectivity index (χ0) is 24.1. The average Bonchev–Trinajstić information content (AvgIpc) is 2.82. The van der Waals surface area contributed by atoms with Gasteiger partial charge in [-0.15, -0.1) is 0 Å². The third-order valence-electron chi connectivity index (χ3n) is 4.85. The van der Waals surface area contributed by atoms with Gasteiger partial charge in [0.2, 0.25) is 0 Å². The molecule has 9 heteroatoms. The molecular weight excluding hydrogens is 438 g/mol. The van der Waals surface area contributed by atoms with E-state index in [9.17, 15) is 13.6 Å². The van der Waals surface area contributed by atoms with Crippen molar-refractivity contribution < 1.29 is 13.6 Å². The fraction of sp³-hybridized carbons (Fsp3) is 0.0400. The van der Waals surface area contributed by atoms with E-state index in [0.717, 1.165) is 0 Å². The maximum absolute atomic E-state index is 14.3. The second-order valence-corrected chi connectivity index (χ2v) is 7.32. The molecule has 168 valence electrons. The minimum atomic E-state index is -0.867. The number of rotatable bonds is 6. The summed E-state index contributed by atoms with van der Waals surface area (Å²) >= 11 is 0. The molecule has 1 amide bonds. The number of nitrogens with zero attached hydrogens (tertiary/aromatic N) is 3. The van der Waals surface area contributed by atoms with E-state index >= 15 is 0 Å². The standard InChI is InChI=1S/C25H18F2N6O/c1-15-10-19(8-9-21(15)26)32-23-12-22(29-14-30-23)31-17-5-3-6-18(11-17)33-25(34)20-7-2-4-16(13-28)24(20)27/h2-12,14H,1H3,(H,33,34)(H2,29,30,31,32). The lowest BCUT2D eigenvalue weighted by atomic mass is 10.1. The Morgan fingerprint density at radius 3 is 2.26 bits per heavy atom. The summed E-state index contributed by atoms with van der Waals surface area (Å²) in [6, 6.07) is 18.9. The minimum absolute atomic E-state index is 0.202. The van der Waals surface area contributed by atoms with Crippen molar-refractivity contribution in [3.05, 3.63) is 101 Å². The van der Waals surface area contributed by atoms with E-state index in [4.69, 9.17) is 5.26 Å². The Balaban J connectivity index is 1.47. The molecule has 0 bridgehead atoms. The number of nitrogens with one attached hydrogen (secondary N) is 3. The van der Waals surface area contributed by atoms with Crippen molar-refractivity contribution in [2.24, 2.45) is 0 Å². The van der Waals surface area contributed by atoms with Crippen molar-refractivity contribution >= 4 is 34.6 Å². The van der Waals surface area contributed by atoms with Gasteiger partial charge in [-0.05, 0) is 61.0 Å². The molecule has 0 aliphatic rings. The van der Waals surface area contributed by atoms with E-state index in [1.807, 2.05) is 0 Å². The topological polar surface area (TPSA) is 103 Å². The van der Waals surface area contributed by atoms with Crippen LogP contribution in [0.2, 0.25) is 0 Å². The quantitative estimate of drug-likeness (QED) is 0.345. The number of anilines is 5. The average molecular weight is 456 g/mol. The first-order chi connectivity index (χ1) is 16.4. The number of hydrogen-bond donors (Lipinski definition) is 3. The molecule has 0 fully saturated rings. The Bertz CT molecular complexity index is 1420. The van der Waals surface area contributed by atoms with E-state index in [0.29, 0.717) is 34.3 Å². The molecule has 0 radical (unpaired) electrons. The number of halogens is 2. The SMILES string of the molecule is Cc1cc(Nc2cc(Nc3cccc(NC(=O)c4cccc(C#N)c4F)c3)ncn2)ccc1F. The molecule has 3 N–H and O–H groups in total. The van der Waals surface area contributed by atoms with Gasteiger partial charge in [-0.2, -0.15) is 5.26 Å². The van der Waals surface area contributed by atoms with Crippen molar-refractivity contribution in [2.75, 3.05) is 16.0 Å². The fourth-order valence-corrected chi connectivity index (χ4v) is 3.18. The van der Waals surface area contributed by atoms with Gasteiger partial charge < -0.3 is 16.0 Å². The van der Waals surface area contributed by atoms with Gasteiger partial charge in [0.05, 0.1) is 11.1 Å². The zero-order valence-electron chi connectivity index (χ0n) is 17.9. The summed E-state index contributed by atoms with van der Waals surface area (Å²) in [4.78, 5) is 20.9. The molecular formula is C25H18F2N6O. The summed E-state index contributed by atoms with van der Waals surface area (Å²) in [7, 11) is 0. The van der Waals surface area contributed by atoms with E-state index in [1.165, 1.54) is 30.6 Å². The van der Waals surface area contributed by atoms with Crippen LogP contribution < -0.4 is 16.0 Å². The second-order valence-electron chi connectivity index (χ2n) is 7.32. The van der Waals surface area contributed by atoms with Crippen LogP contribution in [0.5, 0.6) is 0 Å². The lowest BCUT2D eigenvalue weighted by Crippen LogP contribution is -2.14. The van der Waals surface area contributed by atoms with E-state index in [2.05, 4.69) is 25.9 Å². The predicted octanol–water partition coefficient (Wildman–Crippen LogP) is 5.67. The molecule has 0 spiro atoms. The highest BCUT2D eigenvalue weighted by Crippen LogP contribution is 2.23. The van der Waals surface area contributed by atoms with Gasteiger partial charge in [0, 0.05) is 23.1 Å². The smallest absolute Gasteiger partial charge is 0.258 e. The van der Waals surface area contributed by atoms with Crippen molar-refractivity contribution in [1.82, 2.24) is 9.97 Å². The van der Waals surface area contributed by atoms with Crippen molar-refractivity contribution in [3.63, 3.8) is 0 Å². The van der Waals surface area contributed by atoms with Crippen molar-refractivity contribution in [1.29, 1.82) is 5.26 Å². The summed E-state index contributed by atoms with van der Waals surface area (Å²) in [6.07, 6.45) is 1.37. The van der Waals surface area contributed by atoms with Gasteiger partial charge in [0.15, 0.2) is 5.82 Å². The number of carbonyl (C=O) groups excluding carboxylic acids is 1. The van der Waals surface area contributed by atoms with Crippen LogP contribution in [-0.4, -0.2) is 15.9 Å². The second kappa shape index (κ2) is 9.75. The Labute approximate surface area is 194 Å². The summed E-state index contributed by atoms with van der Waals surface area (Å²) < 4.78 is 27.8. The van der Waals surface area contributed by atoms with Crippen LogP contribution in [0, 0.1) is 29.9 Å². The van der Waals surface area contributed by atoms with Crippen LogP contribution >= 0.6 is 0 Å². The van der Waals surface area contributed by atoms with Crippen molar-refractivity contribution in [2.45, 2.75) is 6.92 Å². The summed E-state index contributed by atoms with van der Waals surface area (Å²) in [5.41, 5.74) is 1.81. The molecule has 4 aromatic rings. The normalized spacial score (nSPS) is 10.3. The number of nitriles is 1. The number of hydrogen-bond acceptors (Lipinski definition) is 6. The van der Waals surface area contributed by atoms with Gasteiger partial charge in [0.25, 0.3) is 5.91 Å². The molecule has 0 saturated carbocycles. The third-order valence-corrected chi connectivity index (χ3v) is 4.85. The minimum Gasteiger partial charge on any atom is -0.340 e. The zero-order valence-corrected chi connectivity index (χ0v) is 17.9. The third kappa shape index (κ3) is 5.14. The molecule has 4 rings (SSSR count). The maximum atomic E-state index is 14.3. The molecule has 0 aliphatic carbocycles. The largest absolute Gasteiger partial charge is 0.340 e. The van der Waals surface area contributed by atoms with E-state index in [1.54, 1.807) is 55.5 Å². The van der Waals surface area contributed by atoms with Crippen LogP contribution in [0.25, 0.3) is 0 Å². The van der Waals surface area contributed by atoms with E-state index in [-0.39, 0.29) is 16.9 Å². The predicted molar refractivity (Wildman–Crippen MR) is 125 cm³/mol. The Morgan fingerprint density at radius 1 is 0.882 bits per heavy atom. The van der Waals surface area contributed by atoms with Crippen LogP contribution in [0.15, 0.2) is 73.1 Å². The lowest BCUT2D eigenvalue weighted by molar-refractivity contribution is 0.102. The molecule has 7 nitrogen and oxygen atoms in total. The van der Waals surface area contributed by atoms with Crippen LogP contribution in [-0.2, 0) is 0 Å². The first-order valence-electron chi connectivity index (χ1n) is 10.2. The monoisotopic (exact) mass is 456 g/mol. The number of amides is 1. The molecule has 0 aliphatic heterocycles. The number of benzene rings is 3. The highest BCUT2D eigenvalue weighted by atomic mass is 19.1. The highest BCUT2D eigenvalue weighted by Gasteiger charge is 2.15. The molecule has 34 heavy (non-hydrogen) atoms. The Morgan fingerprint density at radius 2 is 1.56 bits per heavy atom. The first kappa shape index (κ1) is 22.4. The van der Waals surface area contributed by atoms with Gasteiger partial charge in [-0.1, -0.05) is 12.1 Å². The van der Waals surface area contributed by atoms with Crippen LogP contribution in [0.1, 0.15) is 21.5 Å². The molecule has 0 saturated heterocycles. The molecule has 1 aromatic heterocycles. The molecule has 0 atom stereocenters. The van der Waals surface area contributed by atoms with Crippen LogP contribution in [0.3, 0.4) is 0 Å². The van der Waals surface area contributed by atoms with Gasteiger partial charge >= 0.3 is 0 Å². The maximum Gasteiger partial charge on any atom is 0.258 e. The fourth-order valence-electron chi connectivity index (χ4n) is 3.18. The molecule has 3 aromatic carbocycles. The van der Waals surface area contributed by atoms with Crippen molar-refractivity contribution in [3.8, 4) is 6.07 Å². The molecule has 1 heterocycles. The number of carbonyl (C=O) groups is 1. The summed E-state index contributed by atoms with van der Waals surface area (Å²) in [6.45, 7) is 1.67. The van der Waals surface area contributed by atoms with Gasteiger partial charge in [-0.25, -0.2) is 18.7 Å². The Kier molecular flexibility index (Phi) is 6.41. The first-order valence-corrected chi connectivity index (χ1v) is 10.2. The number of aryl methyl sites for hydroxylation is 1. The molecule has 0 unspecified atom stereocenters. The van der Waals surface area contributed by atoms with Gasteiger partial charge in [-0.3, -0.25) is 4.79 Å². The van der Waals surface area contributed by atoms with Gasteiger partial charge in [0.1, 0.15) is 29.8 Å².